The third-order valence-electron chi connectivity index (χ3n) is 1.49. The van der Waals surface area contributed by atoms with Crippen LogP contribution in [0.1, 0.15) is 0 Å². The molecule has 0 radical (unpaired) electrons. The number of methoxy groups -OCH3 is 1. The monoisotopic (exact) mass is 205 g/mol. The molecule has 0 fully saturated rings. The molecule has 0 amide bonds. The Morgan fingerprint density at radius 1 is 1.07 bits per heavy atom. The van der Waals surface area contributed by atoms with Crippen molar-refractivity contribution >= 4 is 0 Å². The Kier molecular flexibility index (Phi) is 4.59. The Morgan fingerprint density at radius 2 is 1.73 bits per heavy atom. The Balaban J connectivity index is 0.000000162. The van der Waals surface area contributed by atoms with Gasteiger partial charge in [-0.05, 0) is 23.4 Å². The number of aromatic nitrogens is 3. The fraction of sp³-hybridized carbons (Fsp3) is 0.100. The fourth-order valence-corrected chi connectivity index (χ4v) is 0.835. The molecule has 5 heteroatoms. The molecule has 0 saturated carbocycles. The predicted molar refractivity (Wildman–Crippen MR) is 54.5 cm³/mol. The van der Waals surface area contributed by atoms with Gasteiger partial charge in [0, 0.05) is 0 Å². The standard InChI is InChI=1S/C7H8O2.C3H3N3/c1-9-7-5-3-2-4-6(7)8;1-2-4-6-5-3-1/h2-5,8H,1H3;1-3H. The molecule has 5 nitrogen and oxygen atoms in total. The highest BCUT2D eigenvalue weighted by molar-refractivity contribution is 5.37. The van der Waals surface area contributed by atoms with Gasteiger partial charge >= 0.3 is 0 Å². The highest BCUT2D eigenvalue weighted by Gasteiger charge is 1.94. The molecule has 1 aromatic carbocycles. The van der Waals surface area contributed by atoms with Gasteiger partial charge in [0.2, 0.25) is 0 Å². The largest absolute Gasteiger partial charge is 0.504 e. The molecule has 0 aliphatic heterocycles. The van der Waals surface area contributed by atoms with Crippen LogP contribution in [0.4, 0.5) is 0 Å². The molecule has 0 aliphatic rings. The van der Waals surface area contributed by atoms with E-state index in [4.69, 9.17) is 9.84 Å². The van der Waals surface area contributed by atoms with E-state index < -0.39 is 0 Å². The zero-order valence-electron chi connectivity index (χ0n) is 8.24. The van der Waals surface area contributed by atoms with Crippen LogP contribution in [-0.2, 0) is 0 Å². The number of hydrogen-bond donors (Lipinski definition) is 1. The number of benzene rings is 1. The molecule has 1 N–H and O–H groups in total. The molecule has 0 spiro atoms. The third-order valence-corrected chi connectivity index (χ3v) is 1.49. The van der Waals surface area contributed by atoms with Gasteiger partial charge in [-0.1, -0.05) is 12.1 Å². The van der Waals surface area contributed by atoms with Crippen molar-refractivity contribution in [2.45, 2.75) is 0 Å². The SMILES string of the molecule is COc1ccccc1O.c1cnnnc1. The topological polar surface area (TPSA) is 68.1 Å². The average Bonchev–Trinajstić information content (AvgIpc) is 2.33. The molecular formula is C10H11N3O2. The van der Waals surface area contributed by atoms with Gasteiger partial charge in [0.1, 0.15) is 0 Å². The summed E-state index contributed by atoms with van der Waals surface area (Å²) in [7, 11) is 1.52. The van der Waals surface area contributed by atoms with E-state index in [0.29, 0.717) is 5.75 Å². The molecule has 1 heterocycles. The minimum atomic E-state index is 0.181. The number of phenolic OH excluding ortho intramolecular Hbond substituents is 1. The van der Waals surface area contributed by atoms with Crippen LogP contribution in [0.25, 0.3) is 0 Å². The Hall–Kier alpha value is -2.17. The van der Waals surface area contributed by atoms with E-state index in [1.807, 2.05) is 0 Å². The minimum Gasteiger partial charge on any atom is -0.504 e. The van der Waals surface area contributed by atoms with Gasteiger partial charge in [-0.15, -0.1) is 10.2 Å². The highest BCUT2D eigenvalue weighted by Crippen LogP contribution is 2.22. The number of ether oxygens (including phenoxy) is 1. The van der Waals surface area contributed by atoms with Crippen LogP contribution in [0.2, 0.25) is 0 Å². The maximum absolute atomic E-state index is 8.99. The first-order valence-electron chi connectivity index (χ1n) is 4.25. The van der Waals surface area contributed by atoms with Crippen LogP contribution in [0.3, 0.4) is 0 Å². The normalized spacial score (nSPS) is 8.60. The summed E-state index contributed by atoms with van der Waals surface area (Å²) in [6.45, 7) is 0. The smallest absolute Gasteiger partial charge is 0.160 e. The van der Waals surface area contributed by atoms with Crippen molar-refractivity contribution in [3.05, 3.63) is 42.7 Å². The number of hydrogen-bond acceptors (Lipinski definition) is 5. The summed E-state index contributed by atoms with van der Waals surface area (Å²) in [5.74, 6) is 0.692. The van der Waals surface area contributed by atoms with E-state index in [1.54, 1.807) is 42.7 Å². The predicted octanol–water partition coefficient (Wildman–Crippen LogP) is 1.27. The second-order valence-electron chi connectivity index (χ2n) is 2.48. The molecule has 2 rings (SSSR count). The molecule has 0 aliphatic carbocycles. The lowest BCUT2D eigenvalue weighted by molar-refractivity contribution is 0.373. The van der Waals surface area contributed by atoms with Crippen LogP contribution >= 0.6 is 0 Å². The lowest BCUT2D eigenvalue weighted by Gasteiger charge is -1.99. The van der Waals surface area contributed by atoms with Gasteiger partial charge < -0.3 is 9.84 Å². The molecule has 2 aromatic rings. The van der Waals surface area contributed by atoms with E-state index in [-0.39, 0.29) is 5.75 Å². The Morgan fingerprint density at radius 3 is 2.07 bits per heavy atom. The summed E-state index contributed by atoms with van der Waals surface area (Å²) in [4.78, 5) is 0. The van der Waals surface area contributed by atoms with Crippen molar-refractivity contribution < 1.29 is 9.84 Å². The van der Waals surface area contributed by atoms with Crippen LogP contribution in [0.5, 0.6) is 11.5 Å². The molecule has 0 unspecified atom stereocenters. The van der Waals surface area contributed by atoms with Crippen molar-refractivity contribution in [1.29, 1.82) is 0 Å². The summed E-state index contributed by atoms with van der Waals surface area (Å²) in [5.41, 5.74) is 0. The summed E-state index contributed by atoms with van der Waals surface area (Å²) >= 11 is 0. The van der Waals surface area contributed by atoms with Crippen LogP contribution in [-0.4, -0.2) is 27.6 Å². The summed E-state index contributed by atoms with van der Waals surface area (Å²) in [6.07, 6.45) is 3.15. The van der Waals surface area contributed by atoms with Gasteiger partial charge in [-0.3, -0.25) is 0 Å². The minimum absolute atomic E-state index is 0.181. The Labute approximate surface area is 87.4 Å². The van der Waals surface area contributed by atoms with E-state index in [0.717, 1.165) is 0 Å². The number of rotatable bonds is 1. The number of phenols is 1. The maximum atomic E-state index is 8.99. The highest BCUT2D eigenvalue weighted by atomic mass is 16.5. The second kappa shape index (κ2) is 6.31. The molecule has 0 saturated heterocycles. The average molecular weight is 205 g/mol. The molecule has 0 atom stereocenters. The van der Waals surface area contributed by atoms with Gasteiger partial charge in [-0.25, -0.2) is 0 Å². The first-order valence-corrected chi connectivity index (χ1v) is 4.25. The fourth-order valence-electron chi connectivity index (χ4n) is 0.835. The molecular weight excluding hydrogens is 194 g/mol. The lowest BCUT2D eigenvalue weighted by Crippen LogP contribution is -1.80. The van der Waals surface area contributed by atoms with E-state index in [2.05, 4.69) is 15.4 Å². The van der Waals surface area contributed by atoms with E-state index >= 15 is 0 Å². The number of aromatic hydroxyl groups is 1. The molecule has 1 aromatic heterocycles. The quantitative estimate of drug-likeness (QED) is 0.759. The number of nitrogens with zero attached hydrogens (tertiary/aromatic N) is 3. The van der Waals surface area contributed by atoms with Crippen LogP contribution in [0.15, 0.2) is 42.7 Å². The lowest BCUT2D eigenvalue weighted by atomic mass is 10.3. The van der Waals surface area contributed by atoms with Gasteiger partial charge in [0.15, 0.2) is 11.5 Å². The molecule has 15 heavy (non-hydrogen) atoms. The first kappa shape index (κ1) is 10.9. The van der Waals surface area contributed by atoms with Crippen molar-refractivity contribution in [3.63, 3.8) is 0 Å². The van der Waals surface area contributed by atoms with Gasteiger partial charge in [0.25, 0.3) is 0 Å². The zero-order chi connectivity index (χ0) is 10.9. The van der Waals surface area contributed by atoms with Crippen molar-refractivity contribution in [2.24, 2.45) is 0 Å². The summed E-state index contributed by atoms with van der Waals surface area (Å²) < 4.78 is 4.79. The van der Waals surface area contributed by atoms with Crippen molar-refractivity contribution in [1.82, 2.24) is 15.4 Å². The summed E-state index contributed by atoms with van der Waals surface area (Å²) in [6, 6.07) is 8.55. The van der Waals surface area contributed by atoms with Gasteiger partial charge in [0.05, 0.1) is 19.5 Å². The Bertz CT molecular complexity index is 355. The van der Waals surface area contributed by atoms with Crippen LogP contribution in [0, 0.1) is 0 Å². The summed E-state index contributed by atoms with van der Waals surface area (Å²) in [5, 5.41) is 19.1. The maximum Gasteiger partial charge on any atom is 0.160 e. The van der Waals surface area contributed by atoms with Crippen molar-refractivity contribution in [2.75, 3.05) is 7.11 Å². The van der Waals surface area contributed by atoms with Gasteiger partial charge in [-0.2, -0.15) is 0 Å². The number of para-hydroxylation sites is 2. The zero-order valence-corrected chi connectivity index (χ0v) is 8.24. The van der Waals surface area contributed by atoms with E-state index in [9.17, 15) is 0 Å². The van der Waals surface area contributed by atoms with E-state index in [1.165, 1.54) is 7.11 Å². The van der Waals surface area contributed by atoms with Crippen LogP contribution < -0.4 is 4.74 Å². The van der Waals surface area contributed by atoms with Crippen molar-refractivity contribution in [3.8, 4) is 11.5 Å². The molecule has 0 bridgehead atoms. The molecule has 78 valence electrons. The second-order valence-corrected chi connectivity index (χ2v) is 2.48. The first-order chi connectivity index (χ1) is 7.34. The third kappa shape index (κ3) is 4.04.